The highest BCUT2D eigenvalue weighted by molar-refractivity contribution is 5.66. The lowest BCUT2D eigenvalue weighted by atomic mass is 10.2. The van der Waals surface area contributed by atoms with Gasteiger partial charge in [-0.05, 0) is 19.8 Å². The molecule has 0 saturated carbocycles. The van der Waals surface area contributed by atoms with E-state index >= 15 is 0 Å². The number of hydrogen-bond donors (Lipinski definition) is 1. The number of aliphatic carboxylic acids is 1. The third-order valence-electron chi connectivity index (χ3n) is 2.92. The zero-order chi connectivity index (χ0) is 14.4. The molecule has 1 aromatic rings. The molecule has 0 aliphatic rings. The van der Waals surface area contributed by atoms with Crippen LogP contribution in [-0.4, -0.2) is 43.3 Å². The van der Waals surface area contributed by atoms with E-state index in [1.54, 1.807) is 6.33 Å². The summed E-state index contributed by atoms with van der Waals surface area (Å²) in [5.41, 5.74) is 0. The molecule has 0 spiro atoms. The zero-order valence-corrected chi connectivity index (χ0v) is 12.2. The first kappa shape index (κ1) is 15.6. The van der Waals surface area contributed by atoms with Crippen LogP contribution >= 0.6 is 0 Å². The fourth-order valence-electron chi connectivity index (χ4n) is 1.85. The first-order chi connectivity index (χ1) is 8.90. The molecule has 1 N–H and O–H groups in total. The van der Waals surface area contributed by atoms with Crippen LogP contribution < -0.4 is 0 Å². The van der Waals surface area contributed by atoms with Crippen LogP contribution in [0.15, 0.2) is 6.33 Å². The van der Waals surface area contributed by atoms with Crippen LogP contribution in [0.25, 0.3) is 0 Å². The largest absolute Gasteiger partial charge is 0.481 e. The van der Waals surface area contributed by atoms with Crippen molar-refractivity contribution in [3.05, 3.63) is 12.2 Å². The molecular weight excluding hydrogens is 244 g/mol. The van der Waals surface area contributed by atoms with E-state index in [1.807, 2.05) is 4.68 Å². The van der Waals surface area contributed by atoms with Gasteiger partial charge in [-0.25, -0.2) is 9.67 Å². The minimum atomic E-state index is -0.769. The van der Waals surface area contributed by atoms with Crippen LogP contribution in [0.3, 0.4) is 0 Å². The lowest BCUT2D eigenvalue weighted by molar-refractivity contribution is -0.137. The van der Waals surface area contributed by atoms with Gasteiger partial charge >= 0.3 is 5.97 Å². The Morgan fingerprint density at radius 3 is 2.63 bits per heavy atom. The summed E-state index contributed by atoms with van der Waals surface area (Å²) >= 11 is 0. The fraction of sp³-hybridized carbons (Fsp3) is 0.769. The Bertz CT molecular complexity index is 401. The van der Waals surface area contributed by atoms with Gasteiger partial charge < -0.3 is 5.11 Å². The molecule has 1 heterocycles. The van der Waals surface area contributed by atoms with Gasteiger partial charge in [0.15, 0.2) is 0 Å². The van der Waals surface area contributed by atoms with Crippen LogP contribution in [0.4, 0.5) is 0 Å². The summed E-state index contributed by atoms with van der Waals surface area (Å²) in [4.78, 5) is 17.1. The van der Waals surface area contributed by atoms with Gasteiger partial charge in [-0.15, -0.1) is 0 Å². The molecule has 6 heteroatoms. The Labute approximate surface area is 114 Å². The van der Waals surface area contributed by atoms with E-state index in [-0.39, 0.29) is 12.5 Å². The summed E-state index contributed by atoms with van der Waals surface area (Å²) in [6.07, 6.45) is 1.71. The second kappa shape index (κ2) is 7.23. The Balaban J connectivity index is 2.68. The summed E-state index contributed by atoms with van der Waals surface area (Å²) in [7, 11) is 0. The van der Waals surface area contributed by atoms with E-state index in [1.165, 1.54) is 0 Å². The number of carboxylic acid groups (broad SMARTS) is 1. The summed E-state index contributed by atoms with van der Waals surface area (Å²) in [5.74, 6) is 0.633. The van der Waals surface area contributed by atoms with Gasteiger partial charge in [0, 0.05) is 19.1 Å². The summed E-state index contributed by atoms with van der Waals surface area (Å²) in [5, 5.41) is 13.0. The van der Waals surface area contributed by atoms with Crippen molar-refractivity contribution in [1.82, 2.24) is 19.7 Å². The molecular formula is C13H24N4O2. The second-order valence-corrected chi connectivity index (χ2v) is 5.46. The standard InChI is InChI=1S/C13H24N4O2/c1-10(2)7-17-12(14-9-15-17)8-16(11(3)4)6-5-13(18)19/h9-11H,5-8H2,1-4H3,(H,18,19). The van der Waals surface area contributed by atoms with Crippen molar-refractivity contribution in [3.63, 3.8) is 0 Å². The van der Waals surface area contributed by atoms with Crippen LogP contribution in [0, 0.1) is 5.92 Å². The normalized spacial score (nSPS) is 11.7. The molecule has 0 radical (unpaired) electrons. The van der Waals surface area contributed by atoms with Crippen molar-refractivity contribution in [2.45, 2.75) is 53.2 Å². The highest BCUT2D eigenvalue weighted by atomic mass is 16.4. The van der Waals surface area contributed by atoms with Gasteiger partial charge in [0.05, 0.1) is 13.0 Å². The molecule has 6 nitrogen and oxygen atoms in total. The van der Waals surface area contributed by atoms with E-state index in [9.17, 15) is 4.79 Å². The van der Waals surface area contributed by atoms with E-state index in [4.69, 9.17) is 5.11 Å². The summed E-state index contributed by atoms with van der Waals surface area (Å²) < 4.78 is 1.90. The van der Waals surface area contributed by atoms with Crippen molar-refractivity contribution < 1.29 is 9.90 Å². The van der Waals surface area contributed by atoms with Gasteiger partial charge in [0.1, 0.15) is 12.2 Å². The quantitative estimate of drug-likeness (QED) is 0.775. The van der Waals surface area contributed by atoms with Gasteiger partial charge in [-0.1, -0.05) is 13.8 Å². The maximum Gasteiger partial charge on any atom is 0.304 e. The number of carboxylic acids is 1. The van der Waals surface area contributed by atoms with Crippen molar-refractivity contribution in [2.75, 3.05) is 6.54 Å². The lowest BCUT2D eigenvalue weighted by Gasteiger charge is -2.25. The minimum Gasteiger partial charge on any atom is -0.481 e. The van der Waals surface area contributed by atoms with E-state index in [0.717, 1.165) is 12.4 Å². The molecule has 1 rings (SSSR count). The van der Waals surface area contributed by atoms with Crippen molar-refractivity contribution in [3.8, 4) is 0 Å². The van der Waals surface area contributed by atoms with E-state index in [0.29, 0.717) is 19.0 Å². The first-order valence-corrected chi connectivity index (χ1v) is 6.72. The summed E-state index contributed by atoms with van der Waals surface area (Å²) in [6, 6.07) is 0.281. The fourth-order valence-corrected chi connectivity index (χ4v) is 1.85. The Hall–Kier alpha value is -1.43. The van der Waals surface area contributed by atoms with Crippen LogP contribution in [-0.2, 0) is 17.9 Å². The van der Waals surface area contributed by atoms with Crippen LogP contribution in [0.2, 0.25) is 0 Å². The molecule has 108 valence electrons. The van der Waals surface area contributed by atoms with E-state index < -0.39 is 5.97 Å². The first-order valence-electron chi connectivity index (χ1n) is 6.72. The molecule has 0 unspecified atom stereocenters. The van der Waals surface area contributed by atoms with Gasteiger partial charge in [0.2, 0.25) is 0 Å². The number of rotatable bonds is 8. The summed E-state index contributed by atoms with van der Waals surface area (Å²) in [6.45, 7) is 10.4. The molecule has 0 aliphatic carbocycles. The smallest absolute Gasteiger partial charge is 0.304 e. The third kappa shape index (κ3) is 5.38. The molecule has 1 aromatic heterocycles. The average molecular weight is 268 g/mol. The van der Waals surface area contributed by atoms with Gasteiger partial charge in [-0.3, -0.25) is 9.69 Å². The zero-order valence-electron chi connectivity index (χ0n) is 12.2. The molecule has 0 aliphatic heterocycles. The molecule has 0 atom stereocenters. The Morgan fingerprint density at radius 1 is 1.42 bits per heavy atom. The molecule has 0 saturated heterocycles. The third-order valence-corrected chi connectivity index (χ3v) is 2.92. The predicted octanol–water partition coefficient (Wildman–Crippen LogP) is 1.62. The predicted molar refractivity (Wildman–Crippen MR) is 72.7 cm³/mol. The lowest BCUT2D eigenvalue weighted by Crippen LogP contribution is -2.33. The maximum atomic E-state index is 10.7. The SMILES string of the molecule is CC(C)Cn1ncnc1CN(CCC(=O)O)C(C)C. The van der Waals surface area contributed by atoms with Crippen LogP contribution in [0.5, 0.6) is 0 Å². The van der Waals surface area contributed by atoms with Crippen molar-refractivity contribution in [2.24, 2.45) is 5.92 Å². The number of hydrogen-bond acceptors (Lipinski definition) is 4. The van der Waals surface area contributed by atoms with Crippen LogP contribution in [0.1, 0.15) is 39.9 Å². The molecule has 19 heavy (non-hydrogen) atoms. The maximum absolute atomic E-state index is 10.7. The average Bonchev–Trinajstić information content (AvgIpc) is 2.70. The van der Waals surface area contributed by atoms with Crippen molar-refractivity contribution >= 4 is 5.97 Å². The second-order valence-electron chi connectivity index (χ2n) is 5.46. The monoisotopic (exact) mass is 268 g/mol. The highest BCUT2D eigenvalue weighted by Gasteiger charge is 2.15. The Morgan fingerprint density at radius 2 is 2.11 bits per heavy atom. The topological polar surface area (TPSA) is 71.2 Å². The highest BCUT2D eigenvalue weighted by Crippen LogP contribution is 2.08. The Kier molecular flexibility index (Phi) is 5.95. The molecule has 0 amide bonds. The molecule has 0 bridgehead atoms. The molecule has 0 aromatic carbocycles. The number of nitrogens with zero attached hydrogens (tertiary/aromatic N) is 4. The van der Waals surface area contributed by atoms with E-state index in [2.05, 4.69) is 42.7 Å². The van der Waals surface area contributed by atoms with Crippen molar-refractivity contribution in [1.29, 1.82) is 0 Å². The van der Waals surface area contributed by atoms with Gasteiger partial charge in [-0.2, -0.15) is 5.10 Å². The minimum absolute atomic E-state index is 0.149. The molecule has 0 fully saturated rings. The number of carbonyl (C=O) groups is 1. The number of aromatic nitrogens is 3. The van der Waals surface area contributed by atoms with Gasteiger partial charge in [0.25, 0.3) is 0 Å².